The topological polar surface area (TPSA) is 96.7 Å². The van der Waals surface area contributed by atoms with Crippen molar-refractivity contribution in [2.24, 2.45) is 5.73 Å². The van der Waals surface area contributed by atoms with Crippen molar-refractivity contribution in [2.45, 2.75) is 31.3 Å². The molecule has 1 aliphatic heterocycles. The highest BCUT2D eigenvalue weighted by Gasteiger charge is 2.30. The number of likely N-dealkylation sites (tertiary alicyclic amines) is 1. The van der Waals surface area contributed by atoms with Gasteiger partial charge in [-0.1, -0.05) is 18.2 Å². The molecule has 7 nitrogen and oxygen atoms in total. The number of nitrogens with zero attached hydrogens (tertiary/aromatic N) is 1. The van der Waals surface area contributed by atoms with Gasteiger partial charge in [-0.15, -0.1) is 12.4 Å². The van der Waals surface area contributed by atoms with Crippen LogP contribution < -0.4 is 16.4 Å². The van der Waals surface area contributed by atoms with E-state index in [-0.39, 0.29) is 37.0 Å². The predicted molar refractivity (Wildman–Crippen MR) is 99.9 cm³/mol. The number of urea groups is 1. The van der Waals surface area contributed by atoms with Crippen LogP contribution in [0.3, 0.4) is 0 Å². The summed E-state index contributed by atoms with van der Waals surface area (Å²) in [6.45, 7) is 1.27. The van der Waals surface area contributed by atoms with Crippen LogP contribution in [-0.2, 0) is 9.53 Å². The van der Waals surface area contributed by atoms with E-state index in [1.807, 2.05) is 30.3 Å². The molecule has 1 aromatic carbocycles. The summed E-state index contributed by atoms with van der Waals surface area (Å²) >= 11 is 0. The highest BCUT2D eigenvalue weighted by Crippen LogP contribution is 2.17. The molecule has 0 spiro atoms. The van der Waals surface area contributed by atoms with Crippen LogP contribution in [0.1, 0.15) is 19.3 Å². The third-order valence-electron chi connectivity index (χ3n) is 4.10. The first-order valence-electron chi connectivity index (χ1n) is 8.26. The molecule has 4 N–H and O–H groups in total. The van der Waals surface area contributed by atoms with Gasteiger partial charge in [0.15, 0.2) is 0 Å². The van der Waals surface area contributed by atoms with E-state index in [0.717, 1.165) is 24.9 Å². The van der Waals surface area contributed by atoms with Crippen LogP contribution in [0.4, 0.5) is 10.5 Å². The Labute approximate surface area is 154 Å². The van der Waals surface area contributed by atoms with Gasteiger partial charge in [0.2, 0.25) is 5.91 Å². The number of benzene rings is 1. The quantitative estimate of drug-likeness (QED) is 0.708. The number of anilines is 1. The number of carbonyl (C=O) groups is 2. The molecule has 0 radical (unpaired) electrons. The maximum Gasteiger partial charge on any atom is 0.319 e. The summed E-state index contributed by atoms with van der Waals surface area (Å²) in [6.07, 6.45) is 2.85. The van der Waals surface area contributed by atoms with Gasteiger partial charge in [0.25, 0.3) is 0 Å². The summed E-state index contributed by atoms with van der Waals surface area (Å²) in [5, 5.41) is 5.61. The maximum absolute atomic E-state index is 12.4. The Bertz CT molecular complexity index is 544. The minimum absolute atomic E-state index is 0. The third kappa shape index (κ3) is 6.53. The summed E-state index contributed by atoms with van der Waals surface area (Å²) in [5.41, 5.74) is 6.59. The van der Waals surface area contributed by atoms with E-state index in [2.05, 4.69) is 10.6 Å². The zero-order valence-electron chi connectivity index (χ0n) is 14.4. The van der Waals surface area contributed by atoms with Crippen molar-refractivity contribution < 1.29 is 14.3 Å². The highest BCUT2D eigenvalue weighted by molar-refractivity contribution is 5.89. The minimum Gasteiger partial charge on any atom is -0.383 e. The number of nitrogens with one attached hydrogen (secondary N) is 2. The van der Waals surface area contributed by atoms with Crippen molar-refractivity contribution in [3.8, 4) is 0 Å². The molecule has 3 amide bonds. The minimum atomic E-state index is -0.659. The lowest BCUT2D eigenvalue weighted by atomic mass is 10.0. The monoisotopic (exact) mass is 370 g/mol. The maximum atomic E-state index is 12.4. The molecule has 2 rings (SSSR count). The number of para-hydroxylation sites is 1. The van der Waals surface area contributed by atoms with Crippen LogP contribution in [0, 0.1) is 0 Å². The first-order chi connectivity index (χ1) is 11.6. The second-order valence-corrected chi connectivity index (χ2v) is 5.94. The fourth-order valence-electron chi connectivity index (χ4n) is 2.87. The fraction of sp³-hybridized carbons (Fsp3) is 0.529. The molecule has 0 bridgehead atoms. The largest absolute Gasteiger partial charge is 0.383 e. The third-order valence-corrected chi connectivity index (χ3v) is 4.10. The standard InChI is InChI=1S/C17H26N4O3.ClH/c1-24-12-15(18)16(22)21-10-6-5-9-14(21)11-19-17(23)20-13-7-3-2-4-8-13;/h2-4,7-8,14-15H,5-6,9-12,18H2,1H3,(H2,19,20,23);1H. The van der Waals surface area contributed by atoms with Crippen molar-refractivity contribution in [3.63, 3.8) is 0 Å². The van der Waals surface area contributed by atoms with E-state index >= 15 is 0 Å². The van der Waals surface area contributed by atoms with Crippen LogP contribution >= 0.6 is 12.4 Å². The zero-order valence-corrected chi connectivity index (χ0v) is 15.3. The molecule has 2 unspecified atom stereocenters. The molecule has 1 aliphatic rings. The normalized spacial score (nSPS) is 18.0. The number of nitrogens with two attached hydrogens (primary N) is 1. The molecule has 2 atom stereocenters. The lowest BCUT2D eigenvalue weighted by Gasteiger charge is -2.37. The molecule has 1 heterocycles. The summed E-state index contributed by atoms with van der Waals surface area (Å²) in [7, 11) is 1.52. The van der Waals surface area contributed by atoms with E-state index in [1.54, 1.807) is 4.90 Å². The van der Waals surface area contributed by atoms with E-state index in [9.17, 15) is 9.59 Å². The van der Waals surface area contributed by atoms with Gasteiger partial charge >= 0.3 is 6.03 Å². The van der Waals surface area contributed by atoms with Crippen LogP contribution in [0.2, 0.25) is 0 Å². The number of halogens is 1. The number of hydrogen-bond acceptors (Lipinski definition) is 4. The van der Waals surface area contributed by atoms with Gasteiger partial charge in [-0.2, -0.15) is 0 Å². The van der Waals surface area contributed by atoms with Gasteiger partial charge in [-0.25, -0.2) is 4.79 Å². The van der Waals surface area contributed by atoms with Crippen LogP contribution in [0.25, 0.3) is 0 Å². The van der Waals surface area contributed by atoms with Gasteiger partial charge in [0, 0.05) is 31.9 Å². The average Bonchev–Trinajstić information content (AvgIpc) is 2.60. The summed E-state index contributed by atoms with van der Waals surface area (Å²) in [6, 6.07) is 8.27. The number of amides is 3. The Balaban J connectivity index is 0.00000312. The van der Waals surface area contributed by atoms with E-state index < -0.39 is 6.04 Å². The Hall–Kier alpha value is -1.83. The first-order valence-corrected chi connectivity index (χ1v) is 8.26. The summed E-state index contributed by atoms with van der Waals surface area (Å²) < 4.78 is 4.96. The molecule has 0 aliphatic carbocycles. The molecule has 140 valence electrons. The molecule has 0 aromatic heterocycles. The Morgan fingerprint density at radius 3 is 2.72 bits per heavy atom. The van der Waals surface area contributed by atoms with E-state index in [0.29, 0.717) is 13.1 Å². The Morgan fingerprint density at radius 1 is 1.32 bits per heavy atom. The molecule has 1 aromatic rings. The number of piperidine rings is 1. The molecular weight excluding hydrogens is 344 g/mol. The summed E-state index contributed by atoms with van der Waals surface area (Å²) in [5.74, 6) is -0.119. The number of carbonyl (C=O) groups excluding carboxylic acids is 2. The molecule has 1 fully saturated rings. The van der Waals surface area contributed by atoms with Crippen LogP contribution in [0.15, 0.2) is 30.3 Å². The van der Waals surface area contributed by atoms with Gasteiger partial charge in [0.05, 0.1) is 6.61 Å². The predicted octanol–water partition coefficient (Wildman–Crippen LogP) is 1.58. The average molecular weight is 371 g/mol. The molecular formula is C17H27ClN4O3. The molecule has 1 saturated heterocycles. The van der Waals surface area contributed by atoms with Crippen LogP contribution in [-0.4, -0.2) is 55.7 Å². The highest BCUT2D eigenvalue weighted by atomic mass is 35.5. The van der Waals surface area contributed by atoms with E-state index in [1.165, 1.54) is 7.11 Å². The molecule has 0 saturated carbocycles. The van der Waals surface area contributed by atoms with Gasteiger partial charge in [0.1, 0.15) is 6.04 Å². The van der Waals surface area contributed by atoms with Crippen LogP contribution in [0.5, 0.6) is 0 Å². The van der Waals surface area contributed by atoms with Gasteiger partial charge in [-0.3, -0.25) is 4.79 Å². The van der Waals surface area contributed by atoms with Crippen molar-refractivity contribution >= 4 is 30.0 Å². The first kappa shape index (κ1) is 21.2. The summed E-state index contributed by atoms with van der Waals surface area (Å²) in [4.78, 5) is 26.2. The van der Waals surface area contributed by atoms with E-state index in [4.69, 9.17) is 10.5 Å². The Kier molecular flexibility index (Phi) is 9.26. The zero-order chi connectivity index (χ0) is 17.4. The van der Waals surface area contributed by atoms with Crippen molar-refractivity contribution in [1.82, 2.24) is 10.2 Å². The number of ether oxygens (including phenoxy) is 1. The SMILES string of the molecule is COCC(N)C(=O)N1CCCCC1CNC(=O)Nc1ccccc1.Cl. The van der Waals surface area contributed by atoms with Gasteiger partial charge in [-0.05, 0) is 31.4 Å². The number of hydrogen-bond donors (Lipinski definition) is 3. The van der Waals surface area contributed by atoms with Crippen molar-refractivity contribution in [1.29, 1.82) is 0 Å². The molecule has 25 heavy (non-hydrogen) atoms. The van der Waals surface area contributed by atoms with Crippen molar-refractivity contribution in [2.75, 3.05) is 32.1 Å². The number of rotatable bonds is 6. The van der Waals surface area contributed by atoms with Crippen molar-refractivity contribution in [3.05, 3.63) is 30.3 Å². The second kappa shape index (κ2) is 10.9. The smallest absolute Gasteiger partial charge is 0.319 e. The Morgan fingerprint density at radius 2 is 2.04 bits per heavy atom. The molecule has 8 heteroatoms. The second-order valence-electron chi connectivity index (χ2n) is 5.94. The number of methoxy groups -OCH3 is 1. The fourth-order valence-corrected chi connectivity index (χ4v) is 2.87. The lowest BCUT2D eigenvalue weighted by Crippen LogP contribution is -2.55. The lowest BCUT2D eigenvalue weighted by molar-refractivity contribution is -0.137. The van der Waals surface area contributed by atoms with Gasteiger partial charge < -0.3 is 26.0 Å².